The maximum atomic E-state index is 11.5. The molecule has 0 atom stereocenters. The van der Waals surface area contributed by atoms with E-state index in [4.69, 9.17) is 27.9 Å². The van der Waals surface area contributed by atoms with Gasteiger partial charge in [0.1, 0.15) is 0 Å². The van der Waals surface area contributed by atoms with Crippen LogP contribution in [0.1, 0.15) is 38.7 Å². The van der Waals surface area contributed by atoms with Crippen molar-refractivity contribution < 1.29 is 14.3 Å². The zero-order valence-electron chi connectivity index (χ0n) is 13.7. The number of unbranched alkanes of at least 4 members (excludes halogenated alkanes) is 1. The highest BCUT2D eigenvalue weighted by molar-refractivity contribution is 6.37. The van der Waals surface area contributed by atoms with Gasteiger partial charge < -0.3 is 10.1 Å². The Kier molecular flexibility index (Phi) is 9.19. The lowest BCUT2D eigenvalue weighted by Gasteiger charge is -2.09. The molecule has 0 heterocycles. The van der Waals surface area contributed by atoms with Gasteiger partial charge in [-0.15, -0.1) is 0 Å². The number of nitrogens with one attached hydrogen (secondary N) is 2. The maximum absolute atomic E-state index is 11.5. The predicted octanol–water partition coefficient (Wildman–Crippen LogP) is 3.15. The van der Waals surface area contributed by atoms with Crippen molar-refractivity contribution in [3.8, 4) is 5.75 Å². The van der Waals surface area contributed by atoms with Crippen molar-refractivity contribution in [1.29, 1.82) is 0 Å². The largest absolute Gasteiger partial charge is 0.490 e. The molecular formula is C16H21Cl2N3O3. The number of hydrogen-bond acceptors (Lipinski definition) is 4. The van der Waals surface area contributed by atoms with Crippen LogP contribution in [0.2, 0.25) is 10.0 Å². The Morgan fingerprint density at radius 1 is 1.17 bits per heavy atom. The van der Waals surface area contributed by atoms with E-state index in [2.05, 4.69) is 15.8 Å². The van der Waals surface area contributed by atoms with Crippen LogP contribution in [0, 0.1) is 0 Å². The lowest BCUT2D eigenvalue weighted by Crippen LogP contribution is -2.38. The quantitative estimate of drug-likeness (QED) is 0.318. The lowest BCUT2D eigenvalue weighted by atomic mass is 10.2. The van der Waals surface area contributed by atoms with E-state index in [0.29, 0.717) is 34.5 Å². The minimum atomic E-state index is -0.831. The van der Waals surface area contributed by atoms with Crippen LogP contribution in [-0.4, -0.2) is 31.2 Å². The molecule has 6 nitrogen and oxygen atoms in total. The molecule has 0 radical (unpaired) electrons. The minimum absolute atomic E-state index is 0.348. The molecule has 0 aliphatic carbocycles. The first kappa shape index (κ1) is 20.3. The predicted molar refractivity (Wildman–Crippen MR) is 95.9 cm³/mol. The van der Waals surface area contributed by atoms with E-state index in [-0.39, 0.29) is 0 Å². The normalized spacial score (nSPS) is 10.7. The Hall–Kier alpha value is -1.79. The molecular weight excluding hydrogens is 353 g/mol. The number of hydrazone groups is 1. The highest BCUT2D eigenvalue weighted by atomic mass is 35.5. The van der Waals surface area contributed by atoms with Gasteiger partial charge in [-0.2, -0.15) is 5.10 Å². The van der Waals surface area contributed by atoms with Crippen molar-refractivity contribution in [2.45, 2.75) is 33.1 Å². The molecule has 0 saturated heterocycles. The Morgan fingerprint density at radius 2 is 1.83 bits per heavy atom. The molecule has 0 unspecified atom stereocenters. The fraction of sp³-hybridized carbons (Fsp3) is 0.438. The standard InChI is InChI=1S/C16H21Cl2N3O3/c1-3-5-6-19-15(22)16(23)21-20-10-11-8-12(17)14(13(18)9-11)24-7-4-2/h8-10H,3-7H2,1-2H3,(H,19,22)(H,21,23)/b20-10-. The Labute approximate surface area is 151 Å². The number of carbonyl (C=O) groups excluding carboxylic acids is 2. The van der Waals surface area contributed by atoms with Gasteiger partial charge in [-0.05, 0) is 30.5 Å². The fourth-order valence-corrected chi connectivity index (χ4v) is 2.28. The number of halogens is 2. The number of rotatable bonds is 8. The summed E-state index contributed by atoms with van der Waals surface area (Å²) in [6.45, 7) is 4.93. The van der Waals surface area contributed by atoms with Crippen molar-refractivity contribution in [2.75, 3.05) is 13.2 Å². The third-order valence-electron chi connectivity index (χ3n) is 2.87. The number of hydrogen-bond donors (Lipinski definition) is 2. The van der Waals surface area contributed by atoms with E-state index in [9.17, 15) is 9.59 Å². The summed E-state index contributed by atoms with van der Waals surface area (Å²) in [7, 11) is 0. The molecule has 2 N–H and O–H groups in total. The average molecular weight is 374 g/mol. The van der Waals surface area contributed by atoms with Crippen LogP contribution in [0.3, 0.4) is 0 Å². The highest BCUT2D eigenvalue weighted by Gasteiger charge is 2.12. The van der Waals surface area contributed by atoms with Gasteiger partial charge in [-0.1, -0.05) is 43.5 Å². The third-order valence-corrected chi connectivity index (χ3v) is 3.43. The Morgan fingerprint density at radius 3 is 2.42 bits per heavy atom. The SMILES string of the molecule is CCCCNC(=O)C(=O)N/N=C\c1cc(Cl)c(OCCC)c(Cl)c1. The van der Waals surface area contributed by atoms with Crippen molar-refractivity contribution in [3.63, 3.8) is 0 Å². The second-order valence-electron chi connectivity index (χ2n) is 4.97. The molecule has 0 aromatic heterocycles. The van der Waals surface area contributed by atoms with Gasteiger partial charge in [0.05, 0.1) is 22.9 Å². The second kappa shape index (κ2) is 10.9. The van der Waals surface area contributed by atoms with E-state index in [1.165, 1.54) is 6.21 Å². The van der Waals surface area contributed by atoms with Gasteiger partial charge in [0, 0.05) is 6.54 Å². The summed E-state index contributed by atoms with van der Waals surface area (Å²) in [5.41, 5.74) is 2.72. The van der Waals surface area contributed by atoms with E-state index < -0.39 is 11.8 Å². The van der Waals surface area contributed by atoms with Crippen molar-refractivity contribution >= 4 is 41.2 Å². The Bertz CT molecular complexity index is 583. The number of nitrogens with zero attached hydrogens (tertiary/aromatic N) is 1. The van der Waals surface area contributed by atoms with Gasteiger partial charge in [-0.3, -0.25) is 9.59 Å². The van der Waals surface area contributed by atoms with E-state index in [1.54, 1.807) is 12.1 Å². The van der Waals surface area contributed by atoms with Crippen LogP contribution in [0.15, 0.2) is 17.2 Å². The molecule has 0 aliphatic rings. The number of amides is 2. The second-order valence-corrected chi connectivity index (χ2v) is 5.79. The van der Waals surface area contributed by atoms with Crippen molar-refractivity contribution in [3.05, 3.63) is 27.7 Å². The summed E-state index contributed by atoms with van der Waals surface area (Å²) in [6.07, 6.45) is 3.92. The first-order chi connectivity index (χ1) is 11.5. The molecule has 1 aromatic rings. The van der Waals surface area contributed by atoms with Crippen molar-refractivity contribution in [1.82, 2.24) is 10.7 Å². The summed E-state index contributed by atoms with van der Waals surface area (Å²) in [4.78, 5) is 23.0. The molecule has 0 spiro atoms. The number of benzene rings is 1. The zero-order valence-corrected chi connectivity index (χ0v) is 15.2. The number of ether oxygens (including phenoxy) is 1. The first-order valence-electron chi connectivity index (χ1n) is 7.72. The molecule has 1 rings (SSSR count). The van der Waals surface area contributed by atoms with Gasteiger partial charge in [0.25, 0.3) is 0 Å². The Balaban J connectivity index is 2.61. The van der Waals surface area contributed by atoms with E-state index in [1.807, 2.05) is 13.8 Å². The maximum Gasteiger partial charge on any atom is 0.329 e. The molecule has 1 aromatic carbocycles. The number of carbonyl (C=O) groups is 2. The summed E-state index contributed by atoms with van der Waals surface area (Å²) >= 11 is 12.2. The van der Waals surface area contributed by atoms with Gasteiger partial charge in [0.2, 0.25) is 0 Å². The van der Waals surface area contributed by atoms with Gasteiger partial charge in [-0.25, -0.2) is 5.43 Å². The van der Waals surface area contributed by atoms with Gasteiger partial charge >= 0.3 is 11.8 Å². The van der Waals surface area contributed by atoms with Crippen LogP contribution < -0.4 is 15.5 Å². The average Bonchev–Trinajstić information content (AvgIpc) is 2.54. The topological polar surface area (TPSA) is 79.8 Å². The molecule has 8 heteroatoms. The molecule has 2 amide bonds. The van der Waals surface area contributed by atoms with E-state index >= 15 is 0 Å². The zero-order chi connectivity index (χ0) is 17.9. The molecule has 0 bridgehead atoms. The molecule has 132 valence electrons. The smallest absolute Gasteiger partial charge is 0.329 e. The molecule has 0 aliphatic heterocycles. The van der Waals surface area contributed by atoms with Crippen LogP contribution in [-0.2, 0) is 9.59 Å². The molecule has 24 heavy (non-hydrogen) atoms. The fourth-order valence-electron chi connectivity index (χ4n) is 1.67. The molecule has 0 fully saturated rings. The highest BCUT2D eigenvalue weighted by Crippen LogP contribution is 2.33. The summed E-state index contributed by atoms with van der Waals surface area (Å²) in [5.74, 6) is -1.14. The van der Waals surface area contributed by atoms with Crippen LogP contribution in [0.4, 0.5) is 0 Å². The van der Waals surface area contributed by atoms with Crippen LogP contribution >= 0.6 is 23.2 Å². The third kappa shape index (κ3) is 6.76. The first-order valence-corrected chi connectivity index (χ1v) is 8.48. The van der Waals surface area contributed by atoms with Crippen LogP contribution in [0.5, 0.6) is 5.75 Å². The van der Waals surface area contributed by atoms with Crippen LogP contribution in [0.25, 0.3) is 0 Å². The molecule has 0 saturated carbocycles. The lowest BCUT2D eigenvalue weighted by molar-refractivity contribution is -0.139. The summed E-state index contributed by atoms with van der Waals surface area (Å²) in [5, 5.41) is 6.91. The summed E-state index contributed by atoms with van der Waals surface area (Å²) in [6, 6.07) is 3.21. The van der Waals surface area contributed by atoms with Crippen molar-refractivity contribution in [2.24, 2.45) is 5.10 Å². The monoisotopic (exact) mass is 373 g/mol. The summed E-state index contributed by atoms with van der Waals surface area (Å²) < 4.78 is 5.46. The minimum Gasteiger partial charge on any atom is -0.490 e. The van der Waals surface area contributed by atoms with E-state index in [0.717, 1.165) is 19.3 Å². The van der Waals surface area contributed by atoms with Gasteiger partial charge in [0.15, 0.2) is 5.75 Å².